The Kier molecular flexibility index (Phi) is 6.61. The Bertz CT molecular complexity index is 1080. The highest BCUT2D eigenvalue weighted by Crippen LogP contribution is 2.27. The number of rotatable bonds is 5. The van der Waals surface area contributed by atoms with Gasteiger partial charge in [0, 0.05) is 16.3 Å². The first-order valence-corrected chi connectivity index (χ1v) is 9.42. The summed E-state index contributed by atoms with van der Waals surface area (Å²) in [6, 6.07) is 8.12. The molecule has 1 aliphatic heterocycles. The number of ether oxygens (including phenoxy) is 1. The Morgan fingerprint density at radius 1 is 0.967 bits per heavy atom. The van der Waals surface area contributed by atoms with Gasteiger partial charge in [0.05, 0.1) is 10.0 Å². The fourth-order valence-corrected chi connectivity index (χ4v) is 2.92. The number of nitrogens with one attached hydrogen (secondary N) is 3. The summed E-state index contributed by atoms with van der Waals surface area (Å²) in [5.41, 5.74) is 0.373. The smallest absolute Gasteiger partial charge is 0.328 e. The minimum Gasteiger partial charge on any atom is -0.483 e. The number of hydrogen-bond donors (Lipinski definition) is 3. The summed E-state index contributed by atoms with van der Waals surface area (Å²) in [4.78, 5) is 47.2. The Morgan fingerprint density at radius 3 is 2.33 bits per heavy atom. The number of amides is 5. The van der Waals surface area contributed by atoms with Crippen LogP contribution in [0.2, 0.25) is 15.1 Å². The summed E-state index contributed by atoms with van der Waals surface area (Å²) in [6.07, 6.45) is 1.20. The van der Waals surface area contributed by atoms with Crippen molar-refractivity contribution in [2.45, 2.75) is 0 Å². The molecule has 1 fully saturated rings. The predicted octanol–water partition coefficient (Wildman–Crippen LogP) is 3.41. The van der Waals surface area contributed by atoms with Gasteiger partial charge in [0.15, 0.2) is 6.61 Å². The van der Waals surface area contributed by atoms with Crippen molar-refractivity contribution in [2.75, 3.05) is 11.9 Å². The molecule has 0 radical (unpaired) electrons. The molecule has 0 spiro atoms. The van der Waals surface area contributed by atoms with E-state index in [-0.39, 0.29) is 28.5 Å². The van der Waals surface area contributed by atoms with Gasteiger partial charge in [-0.25, -0.2) is 4.79 Å². The number of hydrogen-bond acceptors (Lipinski definition) is 5. The predicted molar refractivity (Wildman–Crippen MR) is 112 cm³/mol. The summed E-state index contributed by atoms with van der Waals surface area (Å²) in [5, 5.41) is 7.46. The molecule has 0 aromatic heterocycles. The summed E-state index contributed by atoms with van der Waals surface area (Å²) in [6.45, 7) is -0.380. The molecule has 154 valence electrons. The third kappa shape index (κ3) is 5.29. The van der Waals surface area contributed by atoms with Gasteiger partial charge < -0.3 is 10.1 Å². The Balaban J connectivity index is 1.75. The zero-order valence-corrected chi connectivity index (χ0v) is 17.2. The lowest BCUT2D eigenvalue weighted by Crippen LogP contribution is -2.51. The average Bonchev–Trinajstić information content (AvgIpc) is 2.67. The van der Waals surface area contributed by atoms with E-state index in [1.165, 1.54) is 36.4 Å². The van der Waals surface area contributed by atoms with Gasteiger partial charge in [0.25, 0.3) is 17.7 Å². The molecule has 1 saturated heterocycles. The van der Waals surface area contributed by atoms with Gasteiger partial charge in [-0.2, -0.15) is 0 Å². The maximum atomic E-state index is 12.2. The minimum absolute atomic E-state index is 0.189. The van der Waals surface area contributed by atoms with Crippen molar-refractivity contribution in [3.05, 3.63) is 62.6 Å². The molecule has 8 nitrogen and oxygen atoms in total. The number of halogens is 3. The lowest BCUT2D eigenvalue weighted by atomic mass is 10.1. The number of imide groups is 2. The van der Waals surface area contributed by atoms with Crippen molar-refractivity contribution in [2.24, 2.45) is 0 Å². The van der Waals surface area contributed by atoms with E-state index in [1.807, 2.05) is 10.6 Å². The number of barbiturate groups is 1. The van der Waals surface area contributed by atoms with E-state index in [1.54, 1.807) is 6.07 Å². The van der Waals surface area contributed by atoms with E-state index in [4.69, 9.17) is 39.5 Å². The molecule has 1 aliphatic rings. The SMILES string of the molecule is O=C(COc1ccc(Cl)cc1C=C1C(=O)NC(=O)NC1=O)Nc1ccc(Cl)c(Cl)c1. The number of benzene rings is 2. The number of anilines is 1. The monoisotopic (exact) mass is 467 g/mol. The van der Waals surface area contributed by atoms with E-state index < -0.39 is 23.8 Å². The van der Waals surface area contributed by atoms with Crippen LogP contribution >= 0.6 is 34.8 Å². The number of urea groups is 1. The lowest BCUT2D eigenvalue weighted by molar-refractivity contribution is -0.124. The fourth-order valence-electron chi connectivity index (χ4n) is 2.44. The fraction of sp³-hybridized carbons (Fsp3) is 0.0526. The highest BCUT2D eigenvalue weighted by atomic mass is 35.5. The first-order valence-electron chi connectivity index (χ1n) is 8.28. The molecular weight excluding hydrogens is 457 g/mol. The molecule has 1 heterocycles. The second kappa shape index (κ2) is 9.17. The zero-order chi connectivity index (χ0) is 21.8. The van der Waals surface area contributed by atoms with Crippen LogP contribution < -0.4 is 20.7 Å². The van der Waals surface area contributed by atoms with Crippen molar-refractivity contribution >= 4 is 70.3 Å². The quantitative estimate of drug-likeness (QED) is 0.460. The summed E-state index contributed by atoms with van der Waals surface area (Å²) in [5.74, 6) is -2.03. The van der Waals surface area contributed by atoms with Crippen LogP contribution in [0.1, 0.15) is 5.56 Å². The summed E-state index contributed by atoms with van der Waals surface area (Å²) >= 11 is 17.7. The van der Waals surface area contributed by atoms with Gasteiger partial charge in [0.2, 0.25) is 0 Å². The largest absolute Gasteiger partial charge is 0.483 e. The van der Waals surface area contributed by atoms with Crippen LogP contribution in [-0.2, 0) is 14.4 Å². The Labute approximate surface area is 185 Å². The van der Waals surface area contributed by atoms with E-state index in [9.17, 15) is 19.2 Å². The van der Waals surface area contributed by atoms with E-state index in [0.29, 0.717) is 15.7 Å². The third-order valence-electron chi connectivity index (χ3n) is 3.78. The molecule has 11 heteroatoms. The highest BCUT2D eigenvalue weighted by molar-refractivity contribution is 6.42. The first kappa shape index (κ1) is 21.6. The maximum Gasteiger partial charge on any atom is 0.328 e. The molecule has 3 rings (SSSR count). The van der Waals surface area contributed by atoms with Crippen molar-refractivity contribution < 1.29 is 23.9 Å². The summed E-state index contributed by atoms with van der Waals surface area (Å²) in [7, 11) is 0. The molecule has 30 heavy (non-hydrogen) atoms. The minimum atomic E-state index is -0.913. The maximum absolute atomic E-state index is 12.2. The first-order chi connectivity index (χ1) is 14.2. The third-order valence-corrected chi connectivity index (χ3v) is 4.75. The molecule has 0 atom stereocenters. The zero-order valence-electron chi connectivity index (χ0n) is 14.9. The molecule has 3 N–H and O–H groups in total. The van der Waals surface area contributed by atoms with Crippen LogP contribution in [0.3, 0.4) is 0 Å². The molecule has 0 unspecified atom stereocenters. The van der Waals surface area contributed by atoms with Crippen LogP contribution in [0.4, 0.5) is 10.5 Å². The molecule has 5 amide bonds. The second-order valence-electron chi connectivity index (χ2n) is 5.94. The topological polar surface area (TPSA) is 114 Å². The Morgan fingerprint density at radius 2 is 1.67 bits per heavy atom. The van der Waals surface area contributed by atoms with Gasteiger partial charge in [0.1, 0.15) is 11.3 Å². The second-order valence-corrected chi connectivity index (χ2v) is 7.19. The van der Waals surface area contributed by atoms with Crippen LogP contribution in [0.15, 0.2) is 42.0 Å². The van der Waals surface area contributed by atoms with Crippen molar-refractivity contribution in [3.8, 4) is 5.75 Å². The van der Waals surface area contributed by atoms with Gasteiger partial charge in [-0.1, -0.05) is 34.8 Å². The van der Waals surface area contributed by atoms with Crippen molar-refractivity contribution in [3.63, 3.8) is 0 Å². The summed E-state index contributed by atoms with van der Waals surface area (Å²) < 4.78 is 5.51. The number of carbonyl (C=O) groups excluding carboxylic acids is 4. The van der Waals surface area contributed by atoms with Crippen LogP contribution in [0.25, 0.3) is 6.08 Å². The van der Waals surface area contributed by atoms with Crippen molar-refractivity contribution in [1.82, 2.24) is 10.6 Å². The van der Waals surface area contributed by atoms with Gasteiger partial charge in [-0.3, -0.25) is 25.0 Å². The molecule has 2 aromatic rings. The van der Waals surface area contributed by atoms with Gasteiger partial charge in [-0.15, -0.1) is 0 Å². The molecule has 0 aliphatic carbocycles. The standard InChI is InChI=1S/C19H12Cl3N3O5/c20-10-1-4-15(9(5-10)6-12-17(27)24-19(29)25-18(12)28)30-8-16(26)23-11-2-3-13(21)14(22)7-11/h1-7H,8H2,(H,23,26)(H2,24,25,27,28,29). The molecule has 0 saturated carbocycles. The van der Waals surface area contributed by atoms with Crippen molar-refractivity contribution in [1.29, 1.82) is 0 Å². The van der Waals surface area contributed by atoms with Gasteiger partial charge in [-0.05, 0) is 42.5 Å². The van der Waals surface area contributed by atoms with Gasteiger partial charge >= 0.3 is 6.03 Å². The normalized spacial score (nSPS) is 13.4. The van der Waals surface area contributed by atoms with E-state index in [2.05, 4.69) is 5.32 Å². The van der Waals surface area contributed by atoms with Crippen LogP contribution in [0.5, 0.6) is 5.75 Å². The van der Waals surface area contributed by atoms with E-state index in [0.717, 1.165) is 0 Å². The number of carbonyl (C=O) groups is 4. The lowest BCUT2D eigenvalue weighted by Gasteiger charge is -2.15. The average molecular weight is 469 g/mol. The van der Waals surface area contributed by atoms with Crippen LogP contribution in [-0.4, -0.2) is 30.4 Å². The molecule has 0 bridgehead atoms. The molecular formula is C19H12Cl3N3O5. The Hall–Kier alpha value is -3.07. The van der Waals surface area contributed by atoms with E-state index >= 15 is 0 Å². The highest BCUT2D eigenvalue weighted by Gasteiger charge is 2.28. The molecule has 2 aromatic carbocycles. The van der Waals surface area contributed by atoms with Crippen LogP contribution in [0, 0.1) is 0 Å².